The van der Waals surface area contributed by atoms with Crippen molar-refractivity contribution >= 4 is 5.78 Å². The number of hydrogen-bond donors (Lipinski definition) is 0. The Kier molecular flexibility index (Phi) is 7.16. The van der Waals surface area contributed by atoms with Gasteiger partial charge >= 0.3 is 0 Å². The van der Waals surface area contributed by atoms with E-state index >= 15 is 0 Å². The Morgan fingerprint density at radius 2 is 1.46 bits per heavy atom. The lowest BCUT2D eigenvalue weighted by molar-refractivity contribution is -0.0165. The number of hydrogen-bond acceptors (Lipinski definition) is 2. The van der Waals surface area contributed by atoms with E-state index in [4.69, 9.17) is 4.74 Å². The van der Waals surface area contributed by atoms with Crippen molar-refractivity contribution in [1.29, 1.82) is 0 Å². The van der Waals surface area contributed by atoms with Crippen molar-refractivity contribution in [3.8, 4) is 0 Å². The van der Waals surface area contributed by atoms with Gasteiger partial charge in [-0.2, -0.15) is 0 Å². The second-order valence-corrected chi connectivity index (χ2v) is 7.19. The van der Waals surface area contributed by atoms with Gasteiger partial charge in [0.1, 0.15) is 0 Å². The van der Waals surface area contributed by atoms with Crippen LogP contribution in [0.3, 0.4) is 0 Å². The number of Topliss-reactive ketones (excluding diaryl/α,β-unsaturated/α-hetero) is 1. The van der Waals surface area contributed by atoms with Crippen LogP contribution in [-0.2, 0) is 11.2 Å². The van der Waals surface area contributed by atoms with E-state index in [1.165, 1.54) is 16.7 Å². The lowest BCUT2D eigenvalue weighted by Gasteiger charge is -2.25. The Morgan fingerprint density at radius 1 is 0.857 bits per heavy atom. The molecule has 0 heterocycles. The van der Waals surface area contributed by atoms with Gasteiger partial charge in [0.15, 0.2) is 5.78 Å². The third kappa shape index (κ3) is 5.40. The third-order valence-corrected chi connectivity index (χ3v) is 5.08. The molecule has 0 saturated carbocycles. The highest BCUT2D eigenvalue weighted by Crippen LogP contribution is 2.28. The quantitative estimate of drug-likeness (QED) is 0.409. The van der Waals surface area contributed by atoms with Crippen molar-refractivity contribution in [2.75, 3.05) is 0 Å². The highest BCUT2D eigenvalue weighted by molar-refractivity contribution is 5.96. The maximum atomic E-state index is 12.8. The highest BCUT2D eigenvalue weighted by Gasteiger charge is 2.22. The van der Waals surface area contributed by atoms with Gasteiger partial charge in [0.2, 0.25) is 0 Å². The fraction of sp³-hybridized carbons (Fsp3) is 0.269. The number of aryl methyl sites for hydroxylation is 1. The SMILES string of the molecule is CC[C@@H](O[C@H](CC(=O)c1ccccc1)Cc1ccccc1)c1ccccc1C. The number of ketones is 1. The third-order valence-electron chi connectivity index (χ3n) is 5.08. The molecule has 0 amide bonds. The number of benzene rings is 3. The standard InChI is InChI=1S/C26H28O2/c1-3-26(24-17-11-10-12-20(24)2)28-23(18-21-13-6-4-7-14-21)19-25(27)22-15-8-5-9-16-22/h4-17,23,26H,3,18-19H2,1-2H3/t23-,26+/m0/s1. The molecule has 2 atom stereocenters. The number of rotatable bonds is 9. The first kappa shape index (κ1) is 20.0. The lowest BCUT2D eigenvalue weighted by Crippen LogP contribution is -2.23. The van der Waals surface area contributed by atoms with Crippen molar-refractivity contribution in [3.63, 3.8) is 0 Å². The summed E-state index contributed by atoms with van der Waals surface area (Å²) in [4.78, 5) is 12.8. The molecule has 0 aromatic heterocycles. The van der Waals surface area contributed by atoms with E-state index in [0.29, 0.717) is 6.42 Å². The molecule has 3 aromatic rings. The molecule has 0 aliphatic heterocycles. The van der Waals surface area contributed by atoms with Crippen LogP contribution in [0.25, 0.3) is 0 Å². The molecule has 2 heteroatoms. The van der Waals surface area contributed by atoms with Crippen LogP contribution < -0.4 is 0 Å². The van der Waals surface area contributed by atoms with Crippen molar-refractivity contribution in [2.24, 2.45) is 0 Å². The molecule has 0 saturated heterocycles. The predicted molar refractivity (Wildman–Crippen MR) is 115 cm³/mol. The largest absolute Gasteiger partial charge is 0.369 e. The Bertz CT molecular complexity index is 871. The minimum absolute atomic E-state index is 0.0153. The molecule has 0 radical (unpaired) electrons. The van der Waals surface area contributed by atoms with Crippen LogP contribution in [0.2, 0.25) is 0 Å². The van der Waals surface area contributed by atoms with Gasteiger partial charge in [0.25, 0.3) is 0 Å². The topological polar surface area (TPSA) is 26.3 Å². The number of carbonyl (C=O) groups excluding carboxylic acids is 1. The average Bonchev–Trinajstić information content (AvgIpc) is 2.74. The second-order valence-electron chi connectivity index (χ2n) is 7.19. The van der Waals surface area contributed by atoms with Crippen LogP contribution in [-0.4, -0.2) is 11.9 Å². The zero-order valence-corrected chi connectivity index (χ0v) is 16.7. The van der Waals surface area contributed by atoms with Crippen LogP contribution >= 0.6 is 0 Å². The molecule has 0 aliphatic rings. The first-order valence-corrected chi connectivity index (χ1v) is 10.0. The molecule has 28 heavy (non-hydrogen) atoms. The normalized spacial score (nSPS) is 13.1. The fourth-order valence-corrected chi connectivity index (χ4v) is 3.56. The van der Waals surface area contributed by atoms with E-state index in [1.807, 2.05) is 54.6 Å². The first-order chi connectivity index (χ1) is 13.7. The second kappa shape index (κ2) is 10.0. The molecule has 0 N–H and O–H groups in total. The molecule has 2 nitrogen and oxygen atoms in total. The Hall–Kier alpha value is -2.71. The van der Waals surface area contributed by atoms with Crippen molar-refractivity contribution < 1.29 is 9.53 Å². The van der Waals surface area contributed by atoms with Crippen molar-refractivity contribution in [1.82, 2.24) is 0 Å². The molecule has 3 aromatic carbocycles. The van der Waals surface area contributed by atoms with E-state index in [2.05, 4.69) is 44.2 Å². The molecular weight excluding hydrogens is 344 g/mol. The van der Waals surface area contributed by atoms with Gasteiger partial charge in [0, 0.05) is 12.0 Å². The summed E-state index contributed by atoms with van der Waals surface area (Å²) < 4.78 is 6.54. The number of ether oxygens (including phenoxy) is 1. The summed E-state index contributed by atoms with van der Waals surface area (Å²) in [7, 11) is 0. The Morgan fingerprint density at radius 3 is 2.11 bits per heavy atom. The summed E-state index contributed by atoms with van der Waals surface area (Å²) in [5, 5.41) is 0. The summed E-state index contributed by atoms with van der Waals surface area (Å²) in [5.41, 5.74) is 4.36. The minimum atomic E-state index is -0.167. The monoisotopic (exact) mass is 372 g/mol. The zero-order chi connectivity index (χ0) is 19.8. The smallest absolute Gasteiger partial charge is 0.165 e. The van der Waals surface area contributed by atoms with Gasteiger partial charge in [-0.15, -0.1) is 0 Å². The Labute approximate surface area is 168 Å². The van der Waals surface area contributed by atoms with E-state index in [1.54, 1.807) is 0 Å². The Balaban J connectivity index is 1.80. The van der Waals surface area contributed by atoms with Gasteiger partial charge < -0.3 is 4.74 Å². The zero-order valence-electron chi connectivity index (χ0n) is 16.7. The molecule has 0 bridgehead atoms. The van der Waals surface area contributed by atoms with Crippen molar-refractivity contribution in [3.05, 3.63) is 107 Å². The maximum Gasteiger partial charge on any atom is 0.165 e. The van der Waals surface area contributed by atoms with Gasteiger partial charge in [-0.25, -0.2) is 0 Å². The average molecular weight is 373 g/mol. The van der Waals surface area contributed by atoms with E-state index < -0.39 is 0 Å². The lowest BCUT2D eigenvalue weighted by atomic mass is 9.98. The van der Waals surface area contributed by atoms with Gasteiger partial charge in [-0.05, 0) is 36.5 Å². The minimum Gasteiger partial charge on any atom is -0.369 e. The molecule has 0 unspecified atom stereocenters. The molecular formula is C26H28O2. The summed E-state index contributed by atoms with van der Waals surface area (Å²) >= 11 is 0. The first-order valence-electron chi connectivity index (χ1n) is 10.0. The summed E-state index contributed by atoms with van der Waals surface area (Å²) in [6.07, 6.45) is 1.79. The fourth-order valence-electron chi connectivity index (χ4n) is 3.56. The highest BCUT2D eigenvalue weighted by atomic mass is 16.5. The molecule has 3 rings (SSSR count). The van der Waals surface area contributed by atoms with Crippen LogP contribution in [0, 0.1) is 6.92 Å². The van der Waals surface area contributed by atoms with E-state index in [-0.39, 0.29) is 18.0 Å². The molecule has 0 spiro atoms. The van der Waals surface area contributed by atoms with Crippen LogP contribution in [0.4, 0.5) is 0 Å². The van der Waals surface area contributed by atoms with Crippen LogP contribution in [0.5, 0.6) is 0 Å². The maximum absolute atomic E-state index is 12.8. The number of carbonyl (C=O) groups is 1. The summed E-state index contributed by atoms with van der Waals surface area (Å²) in [5.74, 6) is 0.126. The van der Waals surface area contributed by atoms with E-state index in [0.717, 1.165) is 18.4 Å². The van der Waals surface area contributed by atoms with Crippen molar-refractivity contribution in [2.45, 2.75) is 45.3 Å². The van der Waals surface area contributed by atoms with Gasteiger partial charge in [-0.1, -0.05) is 91.9 Å². The molecule has 0 aliphatic carbocycles. The molecule has 0 fully saturated rings. The summed E-state index contributed by atoms with van der Waals surface area (Å²) in [6, 6.07) is 28.1. The molecule has 144 valence electrons. The van der Waals surface area contributed by atoms with Gasteiger partial charge in [-0.3, -0.25) is 4.79 Å². The predicted octanol–water partition coefficient (Wildman–Crippen LogP) is 6.35. The summed E-state index contributed by atoms with van der Waals surface area (Å²) in [6.45, 7) is 4.25. The van der Waals surface area contributed by atoms with Gasteiger partial charge in [0.05, 0.1) is 12.2 Å². The van der Waals surface area contributed by atoms with Crippen LogP contribution in [0.15, 0.2) is 84.9 Å². The van der Waals surface area contributed by atoms with Crippen LogP contribution in [0.1, 0.15) is 52.9 Å². The van der Waals surface area contributed by atoms with E-state index in [9.17, 15) is 4.79 Å².